The van der Waals surface area contributed by atoms with Gasteiger partial charge < -0.3 is 5.11 Å². The molecule has 1 aromatic carbocycles. The minimum atomic E-state index is -0.503. The van der Waals surface area contributed by atoms with Gasteiger partial charge in [-0.3, -0.25) is 0 Å². The van der Waals surface area contributed by atoms with E-state index in [-0.39, 0.29) is 5.75 Å². The number of aromatic nitrogens is 2. The van der Waals surface area contributed by atoms with Crippen molar-refractivity contribution in [3.8, 4) is 5.75 Å². The fourth-order valence-electron chi connectivity index (χ4n) is 2.39. The smallest absolute Gasteiger partial charge is 0.212 e. The maximum Gasteiger partial charge on any atom is 0.212 e. The Morgan fingerprint density at radius 2 is 1.86 bits per heavy atom. The van der Waals surface area contributed by atoms with Gasteiger partial charge in [0.25, 0.3) is 0 Å². The SMILES string of the molecule is Cc1cc(C)c2ccc(C=Cc3ccc(F)nc3)nc2c1O. The zero-order valence-electron chi connectivity index (χ0n) is 12.3. The lowest BCUT2D eigenvalue weighted by Gasteiger charge is -2.07. The Bertz CT molecular complexity index is 870. The number of phenols is 1. The number of nitrogens with zero attached hydrogens (tertiary/aromatic N) is 2. The van der Waals surface area contributed by atoms with Crippen molar-refractivity contribution < 1.29 is 9.50 Å². The van der Waals surface area contributed by atoms with Crippen LogP contribution >= 0.6 is 0 Å². The Morgan fingerprint density at radius 3 is 2.59 bits per heavy atom. The Kier molecular flexibility index (Phi) is 3.59. The minimum absolute atomic E-state index is 0.208. The first kappa shape index (κ1) is 14.2. The molecule has 0 amide bonds. The largest absolute Gasteiger partial charge is 0.505 e. The molecule has 4 heteroatoms. The summed E-state index contributed by atoms with van der Waals surface area (Å²) in [5.41, 5.74) is 3.99. The molecule has 0 fully saturated rings. The normalized spacial score (nSPS) is 11.4. The van der Waals surface area contributed by atoms with E-state index < -0.39 is 5.95 Å². The van der Waals surface area contributed by atoms with E-state index in [2.05, 4.69) is 9.97 Å². The number of hydrogen-bond donors (Lipinski definition) is 1. The monoisotopic (exact) mass is 294 g/mol. The molecule has 110 valence electrons. The van der Waals surface area contributed by atoms with Gasteiger partial charge >= 0.3 is 0 Å². The van der Waals surface area contributed by atoms with Crippen LogP contribution in [0, 0.1) is 19.8 Å². The summed E-state index contributed by atoms with van der Waals surface area (Å²) in [6, 6.07) is 8.73. The quantitative estimate of drug-likeness (QED) is 0.718. The van der Waals surface area contributed by atoms with E-state index in [9.17, 15) is 9.50 Å². The molecule has 0 saturated carbocycles. The molecule has 0 aliphatic heterocycles. The molecule has 1 N–H and O–H groups in total. The van der Waals surface area contributed by atoms with E-state index in [4.69, 9.17) is 0 Å². The van der Waals surface area contributed by atoms with Crippen LogP contribution in [-0.4, -0.2) is 15.1 Å². The Labute approximate surface area is 127 Å². The summed E-state index contributed by atoms with van der Waals surface area (Å²) in [6.07, 6.45) is 5.07. The van der Waals surface area contributed by atoms with Crippen LogP contribution in [0.15, 0.2) is 36.5 Å². The average Bonchev–Trinajstić information content (AvgIpc) is 2.52. The average molecular weight is 294 g/mol. The molecule has 3 nitrogen and oxygen atoms in total. The van der Waals surface area contributed by atoms with Crippen molar-refractivity contribution in [2.75, 3.05) is 0 Å². The molecule has 22 heavy (non-hydrogen) atoms. The number of halogens is 1. The van der Waals surface area contributed by atoms with Crippen LogP contribution in [0.3, 0.4) is 0 Å². The second kappa shape index (κ2) is 5.56. The maximum atomic E-state index is 12.8. The molecule has 0 aliphatic rings. The number of benzene rings is 1. The molecular formula is C18H15FN2O. The van der Waals surface area contributed by atoms with E-state index in [0.717, 1.165) is 27.8 Å². The molecule has 0 saturated heterocycles. The predicted octanol–water partition coefficient (Wildman–Crippen LogP) is 4.26. The maximum absolute atomic E-state index is 12.8. The van der Waals surface area contributed by atoms with Crippen molar-refractivity contribution in [2.45, 2.75) is 13.8 Å². The van der Waals surface area contributed by atoms with E-state index in [0.29, 0.717) is 5.52 Å². The summed E-state index contributed by atoms with van der Waals surface area (Å²) in [5.74, 6) is -0.295. The van der Waals surface area contributed by atoms with Crippen LogP contribution < -0.4 is 0 Å². The molecular weight excluding hydrogens is 279 g/mol. The lowest BCUT2D eigenvalue weighted by Crippen LogP contribution is -1.89. The summed E-state index contributed by atoms with van der Waals surface area (Å²) in [6.45, 7) is 3.85. The second-order valence-corrected chi connectivity index (χ2v) is 5.24. The molecule has 0 spiro atoms. The minimum Gasteiger partial charge on any atom is -0.505 e. The number of rotatable bonds is 2. The summed E-state index contributed by atoms with van der Waals surface area (Å²) >= 11 is 0. The van der Waals surface area contributed by atoms with E-state index in [1.54, 1.807) is 12.1 Å². The van der Waals surface area contributed by atoms with Gasteiger partial charge in [-0.1, -0.05) is 18.2 Å². The van der Waals surface area contributed by atoms with Crippen molar-refractivity contribution in [1.82, 2.24) is 9.97 Å². The third-order valence-corrected chi connectivity index (χ3v) is 3.57. The van der Waals surface area contributed by atoms with Crippen LogP contribution in [0.4, 0.5) is 4.39 Å². The van der Waals surface area contributed by atoms with Gasteiger partial charge in [0.2, 0.25) is 5.95 Å². The standard InChI is InChI=1S/C18H15FN2O/c1-11-9-12(2)18(22)17-15(11)7-6-14(21-17)5-3-13-4-8-16(19)20-10-13/h3-10,22H,1-2H3. The third kappa shape index (κ3) is 2.68. The molecule has 0 radical (unpaired) electrons. The molecule has 0 bridgehead atoms. The number of aryl methyl sites for hydroxylation is 2. The lowest BCUT2D eigenvalue weighted by atomic mass is 10.0. The van der Waals surface area contributed by atoms with Gasteiger partial charge in [-0.25, -0.2) is 9.97 Å². The first-order valence-electron chi connectivity index (χ1n) is 6.94. The molecule has 2 aromatic heterocycles. The van der Waals surface area contributed by atoms with Gasteiger partial charge in [0.1, 0.15) is 11.3 Å². The van der Waals surface area contributed by atoms with Gasteiger partial charge in [-0.05, 0) is 54.8 Å². The molecule has 0 aliphatic carbocycles. The second-order valence-electron chi connectivity index (χ2n) is 5.24. The van der Waals surface area contributed by atoms with Gasteiger partial charge in [0, 0.05) is 11.6 Å². The first-order chi connectivity index (χ1) is 10.5. The highest BCUT2D eigenvalue weighted by Crippen LogP contribution is 2.29. The van der Waals surface area contributed by atoms with Crippen molar-refractivity contribution >= 4 is 23.1 Å². The summed E-state index contributed by atoms with van der Waals surface area (Å²) < 4.78 is 12.8. The summed E-state index contributed by atoms with van der Waals surface area (Å²) in [4.78, 5) is 8.10. The highest BCUT2D eigenvalue weighted by Gasteiger charge is 2.08. The summed E-state index contributed by atoms with van der Waals surface area (Å²) in [7, 11) is 0. The number of fused-ring (bicyclic) bond motifs is 1. The first-order valence-corrected chi connectivity index (χ1v) is 6.94. The van der Waals surface area contributed by atoms with E-state index >= 15 is 0 Å². The highest BCUT2D eigenvalue weighted by molar-refractivity contribution is 5.89. The van der Waals surface area contributed by atoms with Gasteiger partial charge in [-0.15, -0.1) is 0 Å². The zero-order chi connectivity index (χ0) is 15.7. The molecule has 3 aromatic rings. The van der Waals surface area contributed by atoms with Gasteiger partial charge in [0.15, 0.2) is 0 Å². The van der Waals surface area contributed by atoms with Crippen LogP contribution in [0.25, 0.3) is 23.1 Å². The number of aromatic hydroxyl groups is 1. The van der Waals surface area contributed by atoms with Crippen LogP contribution in [0.5, 0.6) is 5.75 Å². The Balaban J connectivity index is 2.01. The summed E-state index contributed by atoms with van der Waals surface area (Å²) in [5, 5.41) is 11.1. The fraction of sp³-hybridized carbons (Fsp3) is 0.111. The highest BCUT2D eigenvalue weighted by atomic mass is 19.1. The van der Waals surface area contributed by atoms with Crippen LogP contribution in [0.2, 0.25) is 0 Å². The Hall–Kier alpha value is -2.75. The van der Waals surface area contributed by atoms with Crippen molar-refractivity contribution in [3.05, 3.63) is 64.9 Å². The van der Waals surface area contributed by atoms with Crippen molar-refractivity contribution in [1.29, 1.82) is 0 Å². The van der Waals surface area contributed by atoms with Crippen LogP contribution in [0.1, 0.15) is 22.4 Å². The fourth-order valence-corrected chi connectivity index (χ4v) is 2.39. The number of hydrogen-bond acceptors (Lipinski definition) is 3. The van der Waals surface area contributed by atoms with E-state index in [1.165, 1.54) is 12.3 Å². The predicted molar refractivity (Wildman–Crippen MR) is 86.0 cm³/mol. The lowest BCUT2D eigenvalue weighted by molar-refractivity contribution is 0.476. The zero-order valence-corrected chi connectivity index (χ0v) is 12.3. The van der Waals surface area contributed by atoms with Crippen molar-refractivity contribution in [3.63, 3.8) is 0 Å². The Morgan fingerprint density at radius 1 is 1.05 bits per heavy atom. The topological polar surface area (TPSA) is 46.0 Å². The van der Waals surface area contributed by atoms with Crippen molar-refractivity contribution in [2.24, 2.45) is 0 Å². The molecule has 2 heterocycles. The third-order valence-electron chi connectivity index (χ3n) is 3.57. The van der Waals surface area contributed by atoms with Gasteiger partial charge in [-0.2, -0.15) is 4.39 Å². The van der Waals surface area contributed by atoms with Gasteiger partial charge in [0.05, 0.1) is 5.69 Å². The van der Waals surface area contributed by atoms with Crippen LogP contribution in [-0.2, 0) is 0 Å². The molecule has 0 atom stereocenters. The number of phenolic OH excluding ortho intramolecular Hbond substituents is 1. The number of pyridine rings is 2. The van der Waals surface area contributed by atoms with E-state index in [1.807, 2.05) is 38.1 Å². The molecule has 3 rings (SSSR count). The molecule has 0 unspecified atom stereocenters.